The van der Waals surface area contributed by atoms with Gasteiger partial charge < -0.3 is 11.5 Å². The second kappa shape index (κ2) is 9.28. The molecule has 0 saturated carbocycles. The number of aromatic nitrogens is 3. The molecule has 6 heteroatoms. The number of rotatable bonds is 6. The Morgan fingerprint density at radius 3 is 2.41 bits per heavy atom. The molecular weight excluding hydrogens is 414 g/mol. The molecule has 0 amide bonds. The molecule has 1 aromatic carbocycles. The first-order chi connectivity index (χ1) is 15.3. The Morgan fingerprint density at radius 1 is 1.00 bits per heavy atom. The van der Waals surface area contributed by atoms with Crippen LogP contribution in [-0.4, -0.2) is 21.0 Å². The summed E-state index contributed by atoms with van der Waals surface area (Å²) in [6.45, 7) is 6.54. The van der Waals surface area contributed by atoms with Gasteiger partial charge in [0.15, 0.2) is 5.82 Å². The van der Waals surface area contributed by atoms with Gasteiger partial charge in [0.1, 0.15) is 0 Å². The standard InChI is InChI=1S/C26H29N5S/c1-26(2,3)12-9-19-16-32-24-22(19)30-25(18-10-13-29-14-11-18)31-23(24)21(28)20(27)15-17-7-5-4-6-8-17/h4-14,16,20-21H,15,27-28H2,1-3H3/b12-9+. The summed E-state index contributed by atoms with van der Waals surface area (Å²) in [4.78, 5) is 13.9. The zero-order chi connectivity index (χ0) is 22.7. The van der Waals surface area contributed by atoms with E-state index in [1.807, 2.05) is 30.3 Å². The number of hydrogen-bond donors (Lipinski definition) is 2. The number of hydrogen-bond acceptors (Lipinski definition) is 6. The largest absolute Gasteiger partial charge is 0.326 e. The van der Waals surface area contributed by atoms with Gasteiger partial charge in [-0.1, -0.05) is 63.3 Å². The fourth-order valence-electron chi connectivity index (χ4n) is 3.49. The molecule has 4 rings (SSSR count). The van der Waals surface area contributed by atoms with Gasteiger partial charge in [0.2, 0.25) is 0 Å². The minimum absolute atomic E-state index is 0.0759. The summed E-state index contributed by atoms with van der Waals surface area (Å²) in [5.41, 5.74) is 18.2. The van der Waals surface area contributed by atoms with Crippen molar-refractivity contribution in [1.29, 1.82) is 0 Å². The van der Waals surface area contributed by atoms with Crippen molar-refractivity contribution in [2.24, 2.45) is 16.9 Å². The monoisotopic (exact) mass is 443 g/mol. The van der Waals surface area contributed by atoms with Crippen LogP contribution in [0.4, 0.5) is 0 Å². The van der Waals surface area contributed by atoms with Crippen molar-refractivity contribution in [3.8, 4) is 11.4 Å². The lowest BCUT2D eigenvalue weighted by molar-refractivity contribution is 0.537. The van der Waals surface area contributed by atoms with Crippen LogP contribution in [-0.2, 0) is 6.42 Å². The summed E-state index contributed by atoms with van der Waals surface area (Å²) in [7, 11) is 0. The fourth-order valence-corrected chi connectivity index (χ4v) is 4.50. The van der Waals surface area contributed by atoms with E-state index in [1.54, 1.807) is 23.7 Å². The molecule has 0 aliphatic heterocycles. The van der Waals surface area contributed by atoms with Gasteiger partial charge in [-0.3, -0.25) is 4.98 Å². The summed E-state index contributed by atoms with van der Waals surface area (Å²) in [6.07, 6.45) is 8.51. The lowest BCUT2D eigenvalue weighted by atomic mass is 9.95. The fraction of sp³-hybridized carbons (Fsp3) is 0.269. The molecule has 4 aromatic rings. The Labute approximate surface area is 193 Å². The summed E-state index contributed by atoms with van der Waals surface area (Å²) in [5.74, 6) is 0.640. The summed E-state index contributed by atoms with van der Waals surface area (Å²) >= 11 is 1.62. The van der Waals surface area contributed by atoms with Crippen molar-refractivity contribution < 1.29 is 0 Å². The first-order valence-electron chi connectivity index (χ1n) is 10.8. The van der Waals surface area contributed by atoms with E-state index < -0.39 is 6.04 Å². The Kier molecular flexibility index (Phi) is 6.46. The topological polar surface area (TPSA) is 90.7 Å². The molecular formula is C26H29N5S. The molecule has 3 aromatic heterocycles. The van der Waals surface area contributed by atoms with Gasteiger partial charge in [0, 0.05) is 34.9 Å². The van der Waals surface area contributed by atoms with Crippen LogP contribution in [0, 0.1) is 5.41 Å². The van der Waals surface area contributed by atoms with Gasteiger partial charge >= 0.3 is 0 Å². The van der Waals surface area contributed by atoms with Gasteiger partial charge in [-0.2, -0.15) is 0 Å². The third-order valence-corrected chi connectivity index (χ3v) is 6.27. The molecule has 0 saturated heterocycles. The number of thiophene rings is 1. The van der Waals surface area contributed by atoms with E-state index in [0.29, 0.717) is 12.2 Å². The maximum atomic E-state index is 6.71. The summed E-state index contributed by atoms with van der Waals surface area (Å²) in [6, 6.07) is 13.3. The normalized spacial score (nSPS) is 14.2. The molecule has 0 aliphatic carbocycles. The number of pyridine rings is 1. The molecule has 0 fully saturated rings. The molecule has 5 nitrogen and oxygen atoms in total. The highest BCUT2D eigenvalue weighted by atomic mass is 32.1. The first-order valence-corrected chi connectivity index (χ1v) is 11.6. The Balaban J connectivity index is 1.79. The van der Waals surface area contributed by atoms with Crippen molar-refractivity contribution in [1.82, 2.24) is 15.0 Å². The van der Waals surface area contributed by atoms with E-state index in [9.17, 15) is 0 Å². The van der Waals surface area contributed by atoms with Crippen LogP contribution in [0.5, 0.6) is 0 Å². The second-order valence-electron chi connectivity index (χ2n) is 9.12. The van der Waals surface area contributed by atoms with E-state index in [0.717, 1.165) is 32.6 Å². The van der Waals surface area contributed by atoms with Gasteiger partial charge in [0.25, 0.3) is 0 Å². The highest BCUT2D eigenvalue weighted by molar-refractivity contribution is 7.17. The van der Waals surface area contributed by atoms with Crippen molar-refractivity contribution in [3.63, 3.8) is 0 Å². The maximum absolute atomic E-state index is 6.71. The number of allylic oxidation sites excluding steroid dienone is 1. The smallest absolute Gasteiger partial charge is 0.160 e. The Morgan fingerprint density at radius 2 is 1.72 bits per heavy atom. The van der Waals surface area contributed by atoms with Gasteiger partial charge in [-0.05, 0) is 29.5 Å². The molecule has 32 heavy (non-hydrogen) atoms. The average molecular weight is 444 g/mol. The predicted octanol–water partition coefficient (Wildman–Crippen LogP) is 5.38. The van der Waals surface area contributed by atoms with Gasteiger partial charge in [-0.25, -0.2) is 9.97 Å². The Bertz CT molecular complexity index is 1210. The number of fused-ring (bicyclic) bond motifs is 1. The average Bonchev–Trinajstić information content (AvgIpc) is 3.20. The first kappa shape index (κ1) is 22.3. The second-order valence-corrected chi connectivity index (χ2v) is 10.00. The van der Waals surface area contributed by atoms with Crippen LogP contribution in [0.25, 0.3) is 27.7 Å². The number of benzene rings is 1. The SMILES string of the molecule is CC(C)(C)/C=C/c1csc2c(C(N)C(N)Cc3ccccc3)nc(-c3ccncc3)nc12. The lowest BCUT2D eigenvalue weighted by Gasteiger charge is -2.21. The van der Waals surface area contributed by atoms with Crippen molar-refractivity contribution in [3.05, 3.63) is 83.1 Å². The number of nitrogens with two attached hydrogens (primary N) is 2. The van der Waals surface area contributed by atoms with E-state index in [4.69, 9.17) is 21.4 Å². The minimum Gasteiger partial charge on any atom is -0.326 e. The van der Waals surface area contributed by atoms with Crippen LogP contribution in [0.3, 0.4) is 0 Å². The predicted molar refractivity (Wildman–Crippen MR) is 134 cm³/mol. The van der Waals surface area contributed by atoms with Gasteiger partial charge in [-0.15, -0.1) is 11.3 Å². The molecule has 2 atom stereocenters. The minimum atomic E-state index is -0.417. The van der Waals surface area contributed by atoms with Gasteiger partial charge in [0.05, 0.1) is 22.0 Å². The molecule has 0 bridgehead atoms. The van der Waals surface area contributed by atoms with E-state index in [2.05, 4.69) is 55.4 Å². The maximum Gasteiger partial charge on any atom is 0.160 e. The lowest BCUT2D eigenvalue weighted by Crippen LogP contribution is -2.36. The van der Waals surface area contributed by atoms with Crippen molar-refractivity contribution >= 4 is 27.6 Å². The molecule has 4 N–H and O–H groups in total. The van der Waals surface area contributed by atoms with Crippen LogP contribution in [0.15, 0.2) is 66.3 Å². The van der Waals surface area contributed by atoms with Crippen LogP contribution < -0.4 is 11.5 Å². The van der Waals surface area contributed by atoms with Crippen molar-refractivity contribution in [2.75, 3.05) is 0 Å². The van der Waals surface area contributed by atoms with E-state index in [1.165, 1.54) is 0 Å². The molecule has 0 aliphatic rings. The zero-order valence-corrected chi connectivity index (χ0v) is 19.5. The summed E-state index contributed by atoms with van der Waals surface area (Å²) in [5, 5.41) is 2.12. The van der Waals surface area contributed by atoms with Crippen molar-refractivity contribution in [2.45, 2.75) is 39.3 Å². The highest BCUT2D eigenvalue weighted by Crippen LogP contribution is 2.34. The summed E-state index contributed by atoms with van der Waals surface area (Å²) < 4.78 is 0.993. The zero-order valence-electron chi connectivity index (χ0n) is 18.7. The Hall–Kier alpha value is -2.93. The van der Waals surface area contributed by atoms with E-state index >= 15 is 0 Å². The number of nitrogens with zero attached hydrogens (tertiary/aromatic N) is 3. The molecule has 3 heterocycles. The third kappa shape index (κ3) is 5.10. The highest BCUT2D eigenvalue weighted by Gasteiger charge is 2.23. The molecule has 0 spiro atoms. The third-order valence-electron chi connectivity index (χ3n) is 5.26. The molecule has 164 valence electrons. The molecule has 2 unspecified atom stereocenters. The van der Waals surface area contributed by atoms with Crippen LogP contribution >= 0.6 is 11.3 Å². The van der Waals surface area contributed by atoms with Crippen LogP contribution in [0.2, 0.25) is 0 Å². The quantitative estimate of drug-likeness (QED) is 0.417. The van der Waals surface area contributed by atoms with Crippen LogP contribution in [0.1, 0.15) is 43.6 Å². The molecule has 0 radical (unpaired) electrons. The van der Waals surface area contributed by atoms with E-state index in [-0.39, 0.29) is 11.5 Å².